The van der Waals surface area contributed by atoms with Gasteiger partial charge in [-0.2, -0.15) is 0 Å². The molecule has 0 saturated carbocycles. The summed E-state index contributed by atoms with van der Waals surface area (Å²) < 4.78 is 5.27. The molecule has 27 heavy (non-hydrogen) atoms. The second-order valence-electron chi connectivity index (χ2n) is 7.25. The van der Waals surface area contributed by atoms with Crippen LogP contribution in [0.25, 0.3) is 0 Å². The average Bonchev–Trinajstić information content (AvgIpc) is 2.49. The zero-order valence-electron chi connectivity index (χ0n) is 16.6. The molecule has 0 aliphatic rings. The third-order valence-electron chi connectivity index (χ3n) is 3.05. The maximum atomic E-state index is 12.3. The van der Waals surface area contributed by atoms with Crippen molar-refractivity contribution in [3.8, 4) is 0 Å². The molecule has 0 aliphatic heterocycles. The van der Waals surface area contributed by atoms with E-state index in [2.05, 4.69) is 15.4 Å². The molecule has 0 unspecified atom stereocenters. The predicted octanol–water partition coefficient (Wildman–Crippen LogP) is -0.460. The number of ketones is 1. The van der Waals surface area contributed by atoms with Gasteiger partial charge in [0, 0.05) is 19.4 Å². The van der Waals surface area contributed by atoms with Gasteiger partial charge in [-0.1, -0.05) is 0 Å². The van der Waals surface area contributed by atoms with Crippen LogP contribution in [0.15, 0.2) is 0 Å². The quantitative estimate of drug-likeness (QED) is 0.190. The van der Waals surface area contributed by atoms with E-state index in [0.29, 0.717) is 0 Å². The van der Waals surface area contributed by atoms with Gasteiger partial charge in [0.25, 0.3) is 0 Å². The van der Waals surface area contributed by atoms with Gasteiger partial charge < -0.3 is 20.3 Å². The van der Waals surface area contributed by atoms with Gasteiger partial charge in [-0.3, -0.25) is 14.4 Å². The highest BCUT2D eigenvalue weighted by Gasteiger charge is 2.27. The number of esters is 1. The fourth-order valence-corrected chi connectivity index (χ4v) is 1.97. The molecule has 0 aromatic rings. The largest absolute Gasteiger partial charge is 0.458 e. The molecule has 0 radical (unpaired) electrons. The van der Waals surface area contributed by atoms with Crippen LogP contribution in [0.5, 0.6) is 0 Å². The average molecular weight is 384 g/mol. The van der Waals surface area contributed by atoms with E-state index in [1.165, 1.54) is 0 Å². The highest BCUT2D eigenvalue weighted by Crippen LogP contribution is 2.11. The van der Waals surface area contributed by atoms with Crippen LogP contribution >= 0.6 is 0 Å². The smallest absolute Gasteiger partial charge is 0.372 e. The lowest BCUT2D eigenvalue weighted by atomic mass is 10.1. The van der Waals surface area contributed by atoms with Gasteiger partial charge in [0.2, 0.25) is 17.6 Å². The second kappa shape index (κ2) is 11.9. The molecule has 10 heteroatoms. The zero-order chi connectivity index (χ0) is 21.0. The summed E-state index contributed by atoms with van der Waals surface area (Å²) in [6.45, 7) is 5.43. The molecule has 3 N–H and O–H groups in total. The molecule has 0 spiro atoms. The SMILES string of the molecule is CN(C)CC(=O)NCCC(=O)N[C@@H](CCC(=O)C=[N+]=N)C(=O)OC(C)(C)C. The summed E-state index contributed by atoms with van der Waals surface area (Å²) in [7, 11) is 3.51. The van der Waals surface area contributed by atoms with E-state index in [1.54, 1.807) is 39.8 Å². The van der Waals surface area contributed by atoms with E-state index in [0.717, 1.165) is 6.21 Å². The lowest BCUT2D eigenvalue weighted by molar-refractivity contribution is -0.159. The molecule has 0 aromatic heterocycles. The highest BCUT2D eigenvalue weighted by atomic mass is 16.6. The molecule has 0 saturated heterocycles. The fraction of sp³-hybridized carbons (Fsp3) is 0.706. The topological polar surface area (TPSA) is 143 Å². The molecule has 0 rings (SSSR count). The first-order valence-electron chi connectivity index (χ1n) is 8.61. The molecule has 1 atom stereocenters. The maximum absolute atomic E-state index is 12.3. The number of likely N-dealkylation sites (N-methyl/N-ethyl adjacent to an activating group) is 1. The summed E-state index contributed by atoms with van der Waals surface area (Å²) in [4.78, 5) is 52.0. The van der Waals surface area contributed by atoms with E-state index in [1.807, 2.05) is 0 Å². The number of carbonyl (C=O) groups excluding carboxylic acids is 4. The van der Waals surface area contributed by atoms with Crippen LogP contribution in [0.2, 0.25) is 0 Å². The van der Waals surface area contributed by atoms with E-state index in [4.69, 9.17) is 10.3 Å². The van der Waals surface area contributed by atoms with Gasteiger partial charge in [-0.25, -0.2) is 4.79 Å². The van der Waals surface area contributed by atoms with E-state index in [-0.39, 0.29) is 38.3 Å². The Morgan fingerprint density at radius 3 is 2.30 bits per heavy atom. The van der Waals surface area contributed by atoms with Gasteiger partial charge in [0.05, 0.1) is 16.9 Å². The Morgan fingerprint density at radius 2 is 1.78 bits per heavy atom. The van der Waals surface area contributed by atoms with Crippen LogP contribution in [0, 0.1) is 5.53 Å². The van der Waals surface area contributed by atoms with Gasteiger partial charge in [-0.15, -0.1) is 0 Å². The molecule has 10 nitrogen and oxygen atoms in total. The monoisotopic (exact) mass is 384 g/mol. The third kappa shape index (κ3) is 13.3. The lowest BCUT2D eigenvalue weighted by Crippen LogP contribution is -2.45. The Bertz CT molecular complexity index is 591. The minimum atomic E-state index is -1.00. The van der Waals surface area contributed by atoms with Crippen molar-refractivity contribution in [3.63, 3.8) is 0 Å². The highest BCUT2D eigenvalue weighted by molar-refractivity contribution is 6.25. The Kier molecular flexibility index (Phi) is 10.8. The van der Waals surface area contributed by atoms with Crippen LogP contribution in [-0.4, -0.2) is 78.3 Å². The molecule has 0 aromatic carbocycles. The molecule has 0 heterocycles. The Hall–Kier alpha value is -2.58. The first kappa shape index (κ1) is 24.4. The van der Waals surface area contributed by atoms with E-state index < -0.39 is 29.3 Å². The number of amides is 2. The van der Waals surface area contributed by atoms with Gasteiger partial charge in [-0.05, 0) is 41.3 Å². The first-order valence-corrected chi connectivity index (χ1v) is 8.61. The van der Waals surface area contributed by atoms with Crippen molar-refractivity contribution in [3.05, 3.63) is 0 Å². The van der Waals surface area contributed by atoms with Crippen molar-refractivity contribution in [2.45, 2.75) is 51.7 Å². The molecule has 152 valence electrons. The number of hydrogen-bond acceptors (Lipinski definition) is 7. The molecule has 0 fully saturated rings. The Balaban J connectivity index is 4.69. The van der Waals surface area contributed by atoms with Crippen molar-refractivity contribution in [2.24, 2.45) is 0 Å². The third-order valence-corrected chi connectivity index (χ3v) is 3.05. The predicted molar refractivity (Wildman–Crippen MR) is 97.2 cm³/mol. The Morgan fingerprint density at radius 1 is 1.15 bits per heavy atom. The van der Waals surface area contributed by atoms with Crippen molar-refractivity contribution in [1.82, 2.24) is 15.5 Å². The number of nitrogens with one attached hydrogen (secondary N) is 3. The molecule has 0 aliphatic carbocycles. The maximum Gasteiger partial charge on any atom is 0.372 e. The van der Waals surface area contributed by atoms with Gasteiger partial charge >= 0.3 is 12.2 Å². The van der Waals surface area contributed by atoms with Crippen LogP contribution in [0.4, 0.5) is 0 Å². The van der Waals surface area contributed by atoms with Crippen molar-refractivity contribution < 1.29 is 28.7 Å². The number of nitrogens with zero attached hydrogens (tertiary/aromatic N) is 2. The molecule has 2 amide bonds. The minimum absolute atomic E-state index is 0.0133. The summed E-state index contributed by atoms with van der Waals surface area (Å²) in [6, 6.07) is -1.00. The van der Waals surface area contributed by atoms with E-state index in [9.17, 15) is 19.2 Å². The second-order valence-corrected chi connectivity index (χ2v) is 7.25. The molecular weight excluding hydrogens is 354 g/mol. The first-order chi connectivity index (χ1) is 12.4. The number of ether oxygens (including phenoxy) is 1. The van der Waals surface area contributed by atoms with Crippen LogP contribution in [0.3, 0.4) is 0 Å². The normalized spacial score (nSPS) is 11.9. The number of rotatable bonds is 11. The van der Waals surface area contributed by atoms with Crippen LogP contribution in [0.1, 0.15) is 40.0 Å². The summed E-state index contributed by atoms with van der Waals surface area (Å²) >= 11 is 0. The number of carbonyl (C=O) groups is 4. The van der Waals surface area contributed by atoms with Crippen molar-refractivity contribution in [1.29, 1.82) is 5.53 Å². The summed E-state index contributed by atoms with van der Waals surface area (Å²) in [5.41, 5.74) is 5.89. The fourth-order valence-electron chi connectivity index (χ4n) is 1.97. The number of Topliss-reactive ketones (excluding diaryl/α,β-unsaturated/α-hetero) is 1. The van der Waals surface area contributed by atoms with Gasteiger partial charge in [0.15, 0.2) is 0 Å². The summed E-state index contributed by atoms with van der Waals surface area (Å²) in [5.74, 6) is -1.73. The summed E-state index contributed by atoms with van der Waals surface area (Å²) in [5, 5.41) is 5.14. The van der Waals surface area contributed by atoms with Crippen molar-refractivity contribution >= 4 is 29.8 Å². The van der Waals surface area contributed by atoms with Crippen LogP contribution in [-0.2, 0) is 23.9 Å². The minimum Gasteiger partial charge on any atom is -0.458 e. The lowest BCUT2D eigenvalue weighted by Gasteiger charge is -2.24. The van der Waals surface area contributed by atoms with Crippen LogP contribution < -0.4 is 10.6 Å². The summed E-state index contributed by atoms with van der Waals surface area (Å²) in [6.07, 6.45) is 0.791. The molecule has 0 bridgehead atoms. The van der Waals surface area contributed by atoms with E-state index >= 15 is 0 Å². The standard InChI is InChI=1S/C17H29N5O5/c1-17(2,3)27-16(26)13(7-6-12(23)10-20-18)21-14(24)8-9-19-15(25)11-22(4)5/h10,13,18H,6-9,11H2,1-5H3,(H-,19,21,24,25)/p+1/t13-/m0/s1. The Labute approximate surface area is 159 Å². The van der Waals surface area contributed by atoms with Crippen molar-refractivity contribution in [2.75, 3.05) is 27.2 Å². The van der Waals surface area contributed by atoms with Gasteiger partial charge in [0.1, 0.15) is 11.6 Å². The zero-order valence-corrected chi connectivity index (χ0v) is 16.6. The number of hydrogen-bond donors (Lipinski definition) is 3. The molecular formula is C17H30N5O5+.